The Labute approximate surface area is 173 Å². The molecule has 0 spiro atoms. The van der Waals surface area contributed by atoms with Gasteiger partial charge in [-0.25, -0.2) is 13.1 Å². The lowest BCUT2D eigenvalue weighted by atomic mass is 9.88. The minimum atomic E-state index is -3.77. The van der Waals surface area contributed by atoms with Crippen molar-refractivity contribution in [1.82, 2.24) is 4.72 Å². The zero-order valence-corrected chi connectivity index (χ0v) is 18.2. The van der Waals surface area contributed by atoms with Gasteiger partial charge < -0.3 is 9.80 Å². The molecule has 0 amide bonds. The average molecular weight is 426 g/mol. The van der Waals surface area contributed by atoms with Crippen LogP contribution in [0.15, 0.2) is 23.1 Å². The largest absolute Gasteiger partial charge is 0.355 e. The van der Waals surface area contributed by atoms with Crippen LogP contribution >= 0.6 is 0 Å². The third-order valence-corrected chi connectivity index (χ3v) is 7.72. The highest BCUT2D eigenvalue weighted by atomic mass is 32.2. The normalized spacial score (nSPS) is 23.9. The second kappa shape index (κ2) is 9.40. The predicted octanol–water partition coefficient (Wildman–Crippen LogP) is 1.57. The molecule has 162 valence electrons. The van der Waals surface area contributed by atoms with E-state index in [1.807, 2.05) is 4.90 Å². The van der Waals surface area contributed by atoms with Crippen molar-refractivity contribution >= 4 is 21.4 Å². The predicted molar refractivity (Wildman–Crippen MR) is 113 cm³/mol. The van der Waals surface area contributed by atoms with E-state index < -0.39 is 14.9 Å². The number of benzene rings is 1. The zero-order valence-electron chi connectivity index (χ0n) is 17.4. The third-order valence-electron chi connectivity index (χ3n) is 6.21. The maximum atomic E-state index is 12.8. The van der Waals surface area contributed by atoms with E-state index in [1.165, 1.54) is 17.0 Å². The molecule has 0 atom stereocenters. The molecule has 1 heterocycles. The van der Waals surface area contributed by atoms with E-state index in [2.05, 4.69) is 18.6 Å². The summed E-state index contributed by atoms with van der Waals surface area (Å²) >= 11 is 0. The maximum absolute atomic E-state index is 12.8. The molecule has 3 rings (SSSR count). The summed E-state index contributed by atoms with van der Waals surface area (Å²) < 4.78 is 28.4. The number of nitro groups is 1. The Morgan fingerprint density at radius 3 is 2.45 bits per heavy atom. The number of anilines is 1. The summed E-state index contributed by atoms with van der Waals surface area (Å²) in [6.07, 6.45) is 4.74. The Morgan fingerprint density at radius 2 is 1.86 bits per heavy atom. The average Bonchev–Trinajstić information content (AvgIpc) is 2.70. The van der Waals surface area contributed by atoms with Crippen LogP contribution in [0.4, 0.5) is 11.4 Å². The fourth-order valence-corrected chi connectivity index (χ4v) is 5.74. The van der Waals surface area contributed by atoms with E-state index in [4.69, 9.17) is 0 Å². The van der Waals surface area contributed by atoms with Crippen molar-refractivity contribution in [3.05, 3.63) is 28.3 Å². The molecule has 2 N–H and O–H groups in total. The van der Waals surface area contributed by atoms with Crippen LogP contribution in [-0.4, -0.2) is 52.1 Å². The molecule has 1 aliphatic heterocycles. The van der Waals surface area contributed by atoms with Crippen molar-refractivity contribution in [3.63, 3.8) is 0 Å². The van der Waals surface area contributed by atoms with Crippen molar-refractivity contribution in [3.8, 4) is 0 Å². The van der Waals surface area contributed by atoms with Gasteiger partial charge in [0.15, 0.2) is 0 Å². The molecule has 1 aliphatic carbocycles. The molecule has 2 aliphatic rings. The number of hydrogen-bond acceptors (Lipinski definition) is 5. The van der Waals surface area contributed by atoms with Gasteiger partial charge in [0, 0.05) is 12.1 Å². The number of quaternary nitrogens is 1. The molecular weight excluding hydrogens is 392 g/mol. The van der Waals surface area contributed by atoms with Crippen LogP contribution in [0.1, 0.15) is 46.0 Å². The number of nitrogens with one attached hydrogen (secondary N) is 2. The molecule has 29 heavy (non-hydrogen) atoms. The van der Waals surface area contributed by atoms with Crippen LogP contribution in [0, 0.1) is 16.0 Å². The van der Waals surface area contributed by atoms with Crippen LogP contribution in [-0.2, 0) is 10.0 Å². The van der Waals surface area contributed by atoms with Gasteiger partial charge in [0.1, 0.15) is 5.69 Å². The lowest BCUT2D eigenvalue weighted by molar-refractivity contribution is -0.900. The van der Waals surface area contributed by atoms with Crippen molar-refractivity contribution in [2.75, 3.05) is 37.6 Å². The van der Waals surface area contributed by atoms with Gasteiger partial charge in [0.05, 0.1) is 42.5 Å². The standard InChI is InChI=1S/C20H32N4O4S/c1-3-10-22-11-13-23(14-12-22)19-9-8-18(15-20(19)24(25)26)29(27,28)21-17-6-4-16(2)5-7-17/h8-9,15-17,21H,3-7,10-14H2,1-2H3/p+1. The summed E-state index contributed by atoms with van der Waals surface area (Å²) in [4.78, 5) is 14.7. The van der Waals surface area contributed by atoms with Gasteiger partial charge in [0.2, 0.25) is 10.0 Å². The molecule has 8 nitrogen and oxygen atoms in total. The summed E-state index contributed by atoms with van der Waals surface area (Å²) in [5, 5.41) is 11.7. The number of sulfonamides is 1. The molecule has 2 fully saturated rings. The van der Waals surface area contributed by atoms with Crippen molar-refractivity contribution in [1.29, 1.82) is 0 Å². The van der Waals surface area contributed by atoms with E-state index in [9.17, 15) is 18.5 Å². The molecule has 1 saturated carbocycles. The fraction of sp³-hybridized carbons (Fsp3) is 0.700. The molecule has 1 aromatic rings. The van der Waals surface area contributed by atoms with Gasteiger partial charge in [0.25, 0.3) is 5.69 Å². The zero-order chi connectivity index (χ0) is 21.0. The minimum Gasteiger partial charge on any atom is -0.355 e. The first-order chi connectivity index (χ1) is 13.8. The Kier molecular flexibility index (Phi) is 7.13. The second-order valence-electron chi connectivity index (χ2n) is 8.47. The SMILES string of the molecule is CCC[NH+]1CCN(c2ccc(S(=O)(=O)NC3CCC(C)CC3)cc2[N+](=O)[O-])CC1. The van der Waals surface area contributed by atoms with Crippen LogP contribution in [0.3, 0.4) is 0 Å². The highest BCUT2D eigenvalue weighted by Crippen LogP contribution is 2.31. The highest BCUT2D eigenvalue weighted by molar-refractivity contribution is 7.89. The van der Waals surface area contributed by atoms with Crippen LogP contribution in [0.2, 0.25) is 0 Å². The molecule has 0 aromatic heterocycles. The number of hydrogen-bond donors (Lipinski definition) is 2. The Balaban J connectivity index is 1.76. The lowest BCUT2D eigenvalue weighted by Crippen LogP contribution is -3.14. The summed E-state index contributed by atoms with van der Waals surface area (Å²) in [5.74, 6) is 0.621. The number of nitrogens with zero attached hydrogens (tertiary/aromatic N) is 2. The van der Waals surface area contributed by atoms with Crippen molar-refractivity contribution in [2.45, 2.75) is 56.9 Å². The van der Waals surface area contributed by atoms with E-state index in [0.29, 0.717) is 11.6 Å². The lowest BCUT2D eigenvalue weighted by Gasteiger charge is -2.33. The third kappa shape index (κ3) is 5.46. The van der Waals surface area contributed by atoms with Crippen LogP contribution in [0.5, 0.6) is 0 Å². The first kappa shape index (κ1) is 22.0. The quantitative estimate of drug-likeness (QED) is 0.511. The number of piperazine rings is 1. The van der Waals surface area contributed by atoms with Crippen LogP contribution < -0.4 is 14.5 Å². The minimum absolute atomic E-state index is 0.0261. The number of rotatable bonds is 7. The monoisotopic (exact) mass is 425 g/mol. The molecule has 1 aromatic carbocycles. The summed E-state index contributed by atoms with van der Waals surface area (Å²) in [6, 6.07) is 4.22. The first-order valence-electron chi connectivity index (χ1n) is 10.7. The smallest absolute Gasteiger partial charge is 0.293 e. The molecule has 0 radical (unpaired) electrons. The molecule has 9 heteroatoms. The second-order valence-corrected chi connectivity index (χ2v) is 10.2. The summed E-state index contributed by atoms with van der Waals surface area (Å²) in [5.41, 5.74) is 0.375. The Bertz CT molecular complexity index is 814. The Morgan fingerprint density at radius 1 is 1.21 bits per heavy atom. The van der Waals surface area contributed by atoms with Gasteiger partial charge >= 0.3 is 0 Å². The topological polar surface area (TPSA) is 97.0 Å². The summed E-state index contributed by atoms with van der Waals surface area (Å²) in [6.45, 7) is 8.79. The Hall–Kier alpha value is -1.71. The van der Waals surface area contributed by atoms with Gasteiger partial charge in [-0.15, -0.1) is 0 Å². The van der Waals surface area contributed by atoms with E-state index in [0.717, 1.165) is 64.8 Å². The van der Waals surface area contributed by atoms with E-state index >= 15 is 0 Å². The molecule has 1 saturated heterocycles. The van der Waals surface area contributed by atoms with E-state index in [1.54, 1.807) is 6.07 Å². The van der Waals surface area contributed by atoms with Crippen molar-refractivity contribution in [2.24, 2.45) is 5.92 Å². The fourth-order valence-electron chi connectivity index (χ4n) is 4.42. The van der Waals surface area contributed by atoms with Gasteiger partial charge in [-0.05, 0) is 50.2 Å². The van der Waals surface area contributed by atoms with Gasteiger partial charge in [-0.1, -0.05) is 13.8 Å². The number of nitro benzene ring substituents is 1. The summed E-state index contributed by atoms with van der Waals surface area (Å²) in [7, 11) is -3.77. The maximum Gasteiger partial charge on any atom is 0.293 e. The van der Waals surface area contributed by atoms with Gasteiger partial charge in [-0.3, -0.25) is 10.1 Å². The first-order valence-corrected chi connectivity index (χ1v) is 12.2. The van der Waals surface area contributed by atoms with Crippen LogP contribution in [0.25, 0.3) is 0 Å². The van der Waals surface area contributed by atoms with Crippen molar-refractivity contribution < 1.29 is 18.2 Å². The van der Waals surface area contributed by atoms with Gasteiger partial charge in [-0.2, -0.15) is 0 Å². The highest BCUT2D eigenvalue weighted by Gasteiger charge is 2.29. The molecule has 0 bridgehead atoms. The molecular formula is C20H33N4O4S+. The molecule has 0 unspecified atom stereocenters. The van der Waals surface area contributed by atoms with E-state index in [-0.39, 0.29) is 16.6 Å².